The van der Waals surface area contributed by atoms with E-state index in [1.165, 1.54) is 29.6 Å². The number of hydrogen-bond acceptors (Lipinski definition) is 5. The van der Waals surface area contributed by atoms with Gasteiger partial charge in [-0.3, -0.25) is 0 Å². The third kappa shape index (κ3) is 4.23. The van der Waals surface area contributed by atoms with E-state index in [9.17, 15) is 13.2 Å². The lowest BCUT2D eigenvalue weighted by atomic mass is 9.98. The highest BCUT2D eigenvalue weighted by atomic mass is 35.5. The topological polar surface area (TPSA) is 75.7 Å². The monoisotopic (exact) mass is 360 g/mol. The van der Waals surface area contributed by atoms with Gasteiger partial charge >= 0.3 is 5.97 Å². The summed E-state index contributed by atoms with van der Waals surface area (Å²) in [5, 5.41) is 3.31. The van der Waals surface area contributed by atoms with Crippen molar-refractivity contribution in [2.75, 3.05) is 33.8 Å². The second kappa shape index (κ2) is 7.61. The minimum Gasteiger partial charge on any atom is -0.465 e. The summed E-state index contributed by atoms with van der Waals surface area (Å²) in [6.45, 7) is 1.82. The van der Waals surface area contributed by atoms with Crippen molar-refractivity contribution in [3.8, 4) is 0 Å². The van der Waals surface area contributed by atoms with Crippen molar-refractivity contribution in [2.45, 2.75) is 17.7 Å². The van der Waals surface area contributed by atoms with Gasteiger partial charge < -0.3 is 10.1 Å². The number of esters is 1. The van der Waals surface area contributed by atoms with Gasteiger partial charge in [0.05, 0.1) is 17.6 Å². The molecule has 0 bridgehead atoms. The minimum absolute atomic E-state index is 0.0254. The van der Waals surface area contributed by atoms with Crippen molar-refractivity contribution in [3.05, 3.63) is 28.8 Å². The highest BCUT2D eigenvalue weighted by molar-refractivity contribution is 7.89. The zero-order valence-electron chi connectivity index (χ0n) is 13.2. The molecule has 1 fully saturated rings. The Labute approximate surface area is 141 Å². The Kier molecular flexibility index (Phi) is 6.02. The fourth-order valence-corrected chi connectivity index (χ4v) is 4.58. The van der Waals surface area contributed by atoms with Crippen LogP contribution in [0.25, 0.3) is 0 Å². The van der Waals surface area contributed by atoms with E-state index >= 15 is 0 Å². The van der Waals surface area contributed by atoms with Crippen molar-refractivity contribution < 1.29 is 17.9 Å². The van der Waals surface area contributed by atoms with Crippen LogP contribution in [0.15, 0.2) is 23.1 Å². The molecule has 1 aromatic rings. The van der Waals surface area contributed by atoms with Crippen LogP contribution in [0.3, 0.4) is 0 Å². The summed E-state index contributed by atoms with van der Waals surface area (Å²) in [7, 11) is -0.534. The van der Waals surface area contributed by atoms with Gasteiger partial charge in [-0.25, -0.2) is 13.2 Å². The number of ether oxygens (including phenoxy) is 1. The van der Waals surface area contributed by atoms with E-state index in [4.69, 9.17) is 11.6 Å². The van der Waals surface area contributed by atoms with Gasteiger partial charge in [-0.15, -0.1) is 0 Å². The fourth-order valence-electron chi connectivity index (χ4n) is 2.74. The Morgan fingerprint density at radius 2 is 2.00 bits per heavy atom. The number of rotatable bonds is 5. The zero-order chi connectivity index (χ0) is 17.0. The van der Waals surface area contributed by atoms with Crippen LogP contribution in [-0.2, 0) is 14.8 Å². The van der Waals surface area contributed by atoms with Gasteiger partial charge in [0.1, 0.15) is 0 Å². The van der Waals surface area contributed by atoms with Gasteiger partial charge in [-0.2, -0.15) is 4.31 Å². The normalized spacial score (nSPS) is 17.2. The molecule has 0 spiro atoms. The van der Waals surface area contributed by atoms with Crippen molar-refractivity contribution in [1.29, 1.82) is 0 Å². The molecule has 0 unspecified atom stereocenters. The smallest absolute Gasteiger partial charge is 0.337 e. The molecular weight excluding hydrogens is 340 g/mol. The quantitative estimate of drug-likeness (QED) is 0.809. The van der Waals surface area contributed by atoms with Crippen LogP contribution in [0.5, 0.6) is 0 Å². The number of hydrogen-bond donors (Lipinski definition) is 1. The van der Waals surface area contributed by atoms with Crippen LogP contribution in [0, 0.1) is 5.92 Å². The van der Waals surface area contributed by atoms with Crippen LogP contribution in [0.4, 0.5) is 0 Å². The molecule has 8 heteroatoms. The summed E-state index contributed by atoms with van der Waals surface area (Å²) < 4.78 is 31.6. The molecule has 0 radical (unpaired) electrons. The maximum Gasteiger partial charge on any atom is 0.337 e. The lowest BCUT2D eigenvalue weighted by molar-refractivity contribution is 0.0600. The number of sulfonamides is 1. The Morgan fingerprint density at radius 3 is 2.57 bits per heavy atom. The predicted octanol–water partition coefficient (Wildman–Crippen LogP) is 1.75. The fraction of sp³-hybridized carbons (Fsp3) is 0.533. The van der Waals surface area contributed by atoms with Gasteiger partial charge in [-0.05, 0) is 50.6 Å². The number of carbonyl (C=O) groups is 1. The molecule has 6 nitrogen and oxygen atoms in total. The number of piperidine rings is 1. The van der Waals surface area contributed by atoms with Gasteiger partial charge in [0, 0.05) is 18.1 Å². The number of methoxy groups -OCH3 is 1. The average Bonchev–Trinajstić information content (AvgIpc) is 2.54. The number of nitrogens with zero attached hydrogens (tertiary/aromatic N) is 1. The molecule has 1 aliphatic rings. The maximum atomic E-state index is 12.8. The van der Waals surface area contributed by atoms with Crippen LogP contribution in [0.1, 0.15) is 23.2 Å². The number of halogens is 1. The molecule has 0 aromatic heterocycles. The highest BCUT2D eigenvalue weighted by Crippen LogP contribution is 2.26. The predicted molar refractivity (Wildman–Crippen MR) is 88.2 cm³/mol. The van der Waals surface area contributed by atoms with Gasteiger partial charge in [-0.1, -0.05) is 11.6 Å². The molecule has 128 valence electrons. The summed E-state index contributed by atoms with van der Waals surface area (Å²) in [5.41, 5.74) is 0.128. The van der Waals surface area contributed by atoms with E-state index in [1.54, 1.807) is 0 Å². The van der Waals surface area contributed by atoms with Crippen molar-refractivity contribution in [1.82, 2.24) is 9.62 Å². The summed E-state index contributed by atoms with van der Waals surface area (Å²) in [6, 6.07) is 4.07. The van der Waals surface area contributed by atoms with Crippen molar-refractivity contribution in [3.63, 3.8) is 0 Å². The third-order valence-electron chi connectivity index (χ3n) is 4.00. The molecule has 2 rings (SSSR count). The number of nitrogens with one attached hydrogen (secondary N) is 1. The first-order valence-electron chi connectivity index (χ1n) is 7.42. The molecule has 0 aliphatic carbocycles. The molecule has 1 N–H and O–H groups in total. The second-order valence-corrected chi connectivity index (χ2v) is 7.95. The molecule has 23 heavy (non-hydrogen) atoms. The minimum atomic E-state index is -3.67. The Morgan fingerprint density at radius 1 is 1.35 bits per heavy atom. The van der Waals surface area contributed by atoms with Crippen molar-refractivity contribution in [2.24, 2.45) is 5.92 Å². The molecular formula is C15H21ClN2O4S. The van der Waals surface area contributed by atoms with Crippen LogP contribution in [-0.4, -0.2) is 52.5 Å². The maximum absolute atomic E-state index is 12.8. The third-order valence-corrected chi connectivity index (χ3v) is 6.09. The van der Waals surface area contributed by atoms with Crippen molar-refractivity contribution >= 4 is 27.6 Å². The van der Waals surface area contributed by atoms with Gasteiger partial charge in [0.2, 0.25) is 10.0 Å². The van der Waals surface area contributed by atoms with E-state index in [2.05, 4.69) is 10.1 Å². The molecule has 1 aromatic carbocycles. The molecule has 0 saturated carbocycles. The van der Waals surface area contributed by atoms with Gasteiger partial charge in [0.15, 0.2) is 0 Å². The van der Waals surface area contributed by atoms with Crippen LogP contribution in [0.2, 0.25) is 5.02 Å². The Balaban J connectivity index is 2.23. The molecule has 0 amide bonds. The number of carbonyl (C=O) groups excluding carboxylic acids is 1. The summed E-state index contributed by atoms with van der Waals surface area (Å²) in [4.78, 5) is 11.7. The first-order chi connectivity index (χ1) is 10.9. The lowest BCUT2D eigenvalue weighted by Gasteiger charge is -2.31. The number of benzene rings is 1. The molecule has 0 atom stereocenters. The second-order valence-electron chi connectivity index (χ2n) is 5.57. The molecule has 1 aliphatic heterocycles. The van der Waals surface area contributed by atoms with E-state index in [0.717, 1.165) is 19.4 Å². The summed E-state index contributed by atoms with van der Waals surface area (Å²) >= 11 is 5.96. The zero-order valence-corrected chi connectivity index (χ0v) is 14.8. The summed E-state index contributed by atoms with van der Waals surface area (Å²) in [6.07, 6.45) is 1.62. The highest BCUT2D eigenvalue weighted by Gasteiger charge is 2.30. The van der Waals surface area contributed by atoms with E-state index in [1.807, 2.05) is 7.05 Å². The SMILES string of the molecule is CNCC1CCN(S(=O)(=O)c2cc(Cl)cc(C(=O)OC)c2)CC1. The van der Waals surface area contributed by atoms with Crippen LogP contribution < -0.4 is 5.32 Å². The molecule has 1 heterocycles. The van der Waals surface area contributed by atoms with Gasteiger partial charge in [0.25, 0.3) is 0 Å². The lowest BCUT2D eigenvalue weighted by Crippen LogP contribution is -2.40. The average molecular weight is 361 g/mol. The summed E-state index contributed by atoms with van der Waals surface area (Å²) in [5.74, 6) is -0.131. The van der Waals surface area contributed by atoms with E-state index in [-0.39, 0.29) is 15.5 Å². The Bertz CT molecular complexity index is 670. The largest absolute Gasteiger partial charge is 0.465 e. The standard InChI is InChI=1S/C15H21ClN2O4S/c1-17-10-11-3-5-18(6-4-11)23(20,21)14-8-12(15(19)22-2)7-13(16)9-14/h7-9,11,17H,3-6,10H2,1-2H3. The first-order valence-corrected chi connectivity index (χ1v) is 9.24. The Hall–Kier alpha value is -1.15. The van der Waals surface area contributed by atoms with E-state index < -0.39 is 16.0 Å². The van der Waals surface area contributed by atoms with E-state index in [0.29, 0.717) is 19.0 Å². The van der Waals surface area contributed by atoms with Crippen LogP contribution >= 0.6 is 11.6 Å². The molecule has 1 saturated heterocycles. The first kappa shape index (κ1) is 18.2.